The molecule has 2 heterocycles. The van der Waals surface area contributed by atoms with Crippen molar-refractivity contribution in [1.29, 1.82) is 0 Å². The zero-order valence-electron chi connectivity index (χ0n) is 16.1. The fourth-order valence-corrected chi connectivity index (χ4v) is 2.93. The van der Waals surface area contributed by atoms with Gasteiger partial charge in [0.15, 0.2) is 6.17 Å². The summed E-state index contributed by atoms with van der Waals surface area (Å²) in [5.74, 6) is -1.18. The molecule has 3 N–H and O–H groups in total. The van der Waals surface area contributed by atoms with Crippen LogP contribution < -0.4 is 11.1 Å². The van der Waals surface area contributed by atoms with E-state index in [0.717, 1.165) is 0 Å². The van der Waals surface area contributed by atoms with E-state index >= 15 is 4.39 Å². The van der Waals surface area contributed by atoms with Crippen molar-refractivity contribution in [2.24, 2.45) is 11.7 Å². The molecule has 0 fully saturated rings. The van der Waals surface area contributed by atoms with Crippen LogP contribution in [-0.2, 0) is 4.79 Å². The third-order valence-electron chi connectivity index (χ3n) is 4.47. The Labute approximate surface area is 168 Å². The van der Waals surface area contributed by atoms with Gasteiger partial charge in [-0.05, 0) is 17.7 Å². The van der Waals surface area contributed by atoms with Gasteiger partial charge in [0.1, 0.15) is 5.82 Å². The minimum Gasteiger partial charge on any atom is -0.366 e. The highest BCUT2D eigenvalue weighted by atomic mass is 19.1. The smallest absolute Gasteiger partial charge is 0.249 e. The van der Waals surface area contributed by atoms with E-state index in [4.69, 9.17) is 5.73 Å². The van der Waals surface area contributed by atoms with Crippen molar-refractivity contribution in [3.63, 3.8) is 0 Å². The summed E-state index contributed by atoms with van der Waals surface area (Å²) in [4.78, 5) is 32.6. The molecule has 3 aromatic rings. The van der Waals surface area contributed by atoms with Gasteiger partial charge in [-0.25, -0.2) is 9.37 Å². The van der Waals surface area contributed by atoms with Crippen LogP contribution in [0, 0.1) is 5.92 Å². The van der Waals surface area contributed by atoms with Gasteiger partial charge in [0.25, 0.3) is 0 Å². The second-order valence-electron chi connectivity index (χ2n) is 6.83. The van der Waals surface area contributed by atoms with Crippen LogP contribution in [0.3, 0.4) is 0 Å². The number of nitrogens with one attached hydrogen (secondary N) is 1. The number of benzene rings is 1. The number of carbonyl (C=O) groups is 2. The second-order valence-corrected chi connectivity index (χ2v) is 6.83. The summed E-state index contributed by atoms with van der Waals surface area (Å²) < 4.78 is 15.4. The Hall–Kier alpha value is -3.61. The molecule has 2 aromatic heterocycles. The normalized spacial score (nSPS) is 11.9. The van der Waals surface area contributed by atoms with Crippen LogP contribution >= 0.6 is 0 Å². The monoisotopic (exact) mass is 392 g/mol. The summed E-state index contributed by atoms with van der Waals surface area (Å²) in [6, 6.07) is 11.6. The summed E-state index contributed by atoms with van der Waals surface area (Å²) in [5.41, 5.74) is 7.01. The molecule has 0 aliphatic rings. The van der Waals surface area contributed by atoms with Gasteiger partial charge in [0.2, 0.25) is 11.8 Å². The number of carbonyl (C=O) groups excluding carboxylic acids is 2. The van der Waals surface area contributed by atoms with Crippen molar-refractivity contribution < 1.29 is 14.0 Å². The van der Waals surface area contributed by atoms with E-state index in [9.17, 15) is 9.59 Å². The fourth-order valence-electron chi connectivity index (χ4n) is 2.93. The standard InChI is InChI=1S/C22H21FN4O2/c1-13(2)22(29)27-21-18(16(20(24)28)9-11-26-21)17-12-25-10-8-15(17)19(23)14-6-4-3-5-7-14/h3-13,19H,1-2H3,(H2,24,28)(H,26,27,29). The van der Waals surface area contributed by atoms with Crippen molar-refractivity contribution in [2.75, 3.05) is 5.32 Å². The molecule has 6 nitrogen and oxygen atoms in total. The lowest BCUT2D eigenvalue weighted by Crippen LogP contribution is -2.21. The number of hydrogen-bond donors (Lipinski definition) is 2. The topological polar surface area (TPSA) is 98.0 Å². The van der Waals surface area contributed by atoms with E-state index in [1.807, 2.05) is 0 Å². The van der Waals surface area contributed by atoms with E-state index in [0.29, 0.717) is 16.7 Å². The Kier molecular flexibility index (Phi) is 5.97. The molecular weight excluding hydrogens is 371 g/mol. The van der Waals surface area contributed by atoms with Crippen LogP contribution in [0.15, 0.2) is 61.1 Å². The molecule has 0 aliphatic carbocycles. The van der Waals surface area contributed by atoms with Crippen LogP contribution in [0.2, 0.25) is 0 Å². The molecule has 29 heavy (non-hydrogen) atoms. The highest BCUT2D eigenvalue weighted by Crippen LogP contribution is 2.38. The Morgan fingerprint density at radius 3 is 2.45 bits per heavy atom. The predicted molar refractivity (Wildman–Crippen MR) is 109 cm³/mol. The zero-order chi connectivity index (χ0) is 21.0. The molecule has 148 valence electrons. The number of anilines is 1. The maximum Gasteiger partial charge on any atom is 0.249 e. The Morgan fingerprint density at radius 2 is 1.79 bits per heavy atom. The average Bonchev–Trinajstić information content (AvgIpc) is 2.73. The lowest BCUT2D eigenvalue weighted by molar-refractivity contribution is -0.118. The highest BCUT2D eigenvalue weighted by molar-refractivity contribution is 6.05. The summed E-state index contributed by atoms with van der Waals surface area (Å²) in [7, 11) is 0. The van der Waals surface area contributed by atoms with Crippen LogP contribution in [-0.4, -0.2) is 21.8 Å². The molecule has 1 unspecified atom stereocenters. The van der Waals surface area contributed by atoms with Crippen molar-refractivity contribution in [2.45, 2.75) is 20.0 Å². The maximum absolute atomic E-state index is 15.4. The largest absolute Gasteiger partial charge is 0.366 e. The SMILES string of the molecule is CC(C)C(=O)Nc1nccc(C(N)=O)c1-c1cnccc1C(F)c1ccccc1. The third-order valence-corrected chi connectivity index (χ3v) is 4.47. The Morgan fingerprint density at radius 1 is 1.07 bits per heavy atom. The summed E-state index contributed by atoms with van der Waals surface area (Å²) in [5, 5.41) is 2.70. The molecule has 0 spiro atoms. The molecule has 1 atom stereocenters. The number of pyridine rings is 2. The number of nitrogens with two attached hydrogens (primary N) is 1. The molecule has 1 aromatic carbocycles. The van der Waals surface area contributed by atoms with E-state index in [-0.39, 0.29) is 28.8 Å². The molecule has 7 heteroatoms. The summed E-state index contributed by atoms with van der Waals surface area (Å²) in [6.07, 6.45) is 2.82. The number of aromatic nitrogens is 2. The van der Waals surface area contributed by atoms with Crippen molar-refractivity contribution in [3.05, 3.63) is 77.7 Å². The van der Waals surface area contributed by atoms with Gasteiger partial charge in [-0.3, -0.25) is 14.6 Å². The van der Waals surface area contributed by atoms with Gasteiger partial charge in [0, 0.05) is 41.2 Å². The van der Waals surface area contributed by atoms with E-state index < -0.39 is 12.1 Å². The molecule has 0 aliphatic heterocycles. The van der Waals surface area contributed by atoms with Gasteiger partial charge < -0.3 is 11.1 Å². The third kappa shape index (κ3) is 4.29. The van der Waals surface area contributed by atoms with Gasteiger partial charge in [-0.1, -0.05) is 44.2 Å². The van der Waals surface area contributed by atoms with Gasteiger partial charge >= 0.3 is 0 Å². The first-order chi connectivity index (χ1) is 13.9. The summed E-state index contributed by atoms with van der Waals surface area (Å²) >= 11 is 0. The van der Waals surface area contributed by atoms with Gasteiger partial charge in [0.05, 0.1) is 5.56 Å². The van der Waals surface area contributed by atoms with Crippen LogP contribution in [0.25, 0.3) is 11.1 Å². The number of hydrogen-bond acceptors (Lipinski definition) is 4. The minimum atomic E-state index is -1.47. The van der Waals surface area contributed by atoms with Gasteiger partial charge in [-0.15, -0.1) is 0 Å². The average molecular weight is 392 g/mol. The Bertz CT molecular complexity index is 1040. The summed E-state index contributed by atoms with van der Waals surface area (Å²) in [6.45, 7) is 3.46. The molecule has 3 rings (SSSR count). The minimum absolute atomic E-state index is 0.119. The van der Waals surface area contributed by atoms with Crippen molar-refractivity contribution >= 4 is 17.6 Å². The molecular formula is C22H21FN4O2. The lowest BCUT2D eigenvalue weighted by Gasteiger charge is -2.18. The number of amides is 2. The zero-order valence-corrected chi connectivity index (χ0v) is 16.1. The molecule has 0 bridgehead atoms. The number of nitrogens with zero attached hydrogens (tertiary/aromatic N) is 2. The number of primary amides is 1. The number of rotatable bonds is 6. The molecule has 0 saturated heterocycles. The fraction of sp³-hybridized carbons (Fsp3) is 0.182. The molecule has 0 radical (unpaired) electrons. The van der Waals surface area contributed by atoms with E-state index in [2.05, 4.69) is 15.3 Å². The lowest BCUT2D eigenvalue weighted by atomic mass is 9.92. The van der Waals surface area contributed by atoms with Crippen LogP contribution in [0.1, 0.15) is 41.5 Å². The van der Waals surface area contributed by atoms with Crippen molar-refractivity contribution in [3.8, 4) is 11.1 Å². The number of alkyl halides is 1. The molecule has 2 amide bonds. The van der Waals surface area contributed by atoms with E-state index in [1.165, 1.54) is 24.7 Å². The van der Waals surface area contributed by atoms with E-state index in [1.54, 1.807) is 50.2 Å². The molecule has 0 saturated carbocycles. The first-order valence-corrected chi connectivity index (χ1v) is 9.13. The van der Waals surface area contributed by atoms with Crippen LogP contribution in [0.5, 0.6) is 0 Å². The quantitative estimate of drug-likeness (QED) is 0.665. The second kappa shape index (κ2) is 8.60. The Balaban J connectivity index is 2.20. The maximum atomic E-state index is 15.4. The van der Waals surface area contributed by atoms with Gasteiger partial charge in [-0.2, -0.15) is 0 Å². The predicted octanol–water partition coefficient (Wildman–Crippen LogP) is 3.90. The van der Waals surface area contributed by atoms with Crippen LogP contribution in [0.4, 0.5) is 10.2 Å². The first kappa shape index (κ1) is 20.1. The number of halogens is 1. The van der Waals surface area contributed by atoms with Crippen molar-refractivity contribution in [1.82, 2.24) is 9.97 Å². The highest BCUT2D eigenvalue weighted by Gasteiger charge is 2.24. The first-order valence-electron chi connectivity index (χ1n) is 9.13.